The molecule has 114 valence electrons. The van der Waals surface area contributed by atoms with Gasteiger partial charge in [-0.2, -0.15) is 0 Å². The third-order valence-corrected chi connectivity index (χ3v) is 5.25. The summed E-state index contributed by atoms with van der Waals surface area (Å²) in [6, 6.07) is 5.06. The van der Waals surface area contributed by atoms with Crippen molar-refractivity contribution in [2.75, 3.05) is 13.2 Å². The van der Waals surface area contributed by atoms with Gasteiger partial charge in [0, 0.05) is 12.1 Å². The Morgan fingerprint density at radius 2 is 2.05 bits per heavy atom. The van der Waals surface area contributed by atoms with Crippen LogP contribution < -0.4 is 4.72 Å². The summed E-state index contributed by atoms with van der Waals surface area (Å²) in [5.74, 6) is 5.68. The highest BCUT2D eigenvalue weighted by atomic mass is 32.2. The molecule has 5 heteroatoms. The van der Waals surface area contributed by atoms with E-state index in [4.69, 9.17) is 5.11 Å². The molecule has 1 aliphatic carbocycles. The number of aliphatic hydroxyl groups excluding tert-OH is 1. The highest BCUT2D eigenvalue weighted by molar-refractivity contribution is 7.89. The van der Waals surface area contributed by atoms with Crippen LogP contribution in [0.5, 0.6) is 0 Å². The van der Waals surface area contributed by atoms with Gasteiger partial charge in [-0.15, -0.1) is 0 Å². The smallest absolute Gasteiger partial charge is 0.241 e. The fraction of sp³-hybridized carbons (Fsp3) is 0.500. The standard InChI is InChI=1S/C16H21NO3S/c1-13-8-9-16(15(11-13)7-4-10-18)21(19,20)17-12-14-5-2-3-6-14/h8-9,11,14,17-18H,2-3,5-6,10,12H2,1H3. The molecule has 0 bridgehead atoms. The second-order valence-corrected chi connectivity index (χ2v) is 7.20. The molecule has 1 fully saturated rings. The first-order chi connectivity index (χ1) is 10.0. The molecular formula is C16H21NO3S. The van der Waals surface area contributed by atoms with Crippen molar-refractivity contribution in [1.82, 2.24) is 4.72 Å². The maximum absolute atomic E-state index is 12.4. The summed E-state index contributed by atoms with van der Waals surface area (Å²) in [5.41, 5.74) is 1.37. The van der Waals surface area contributed by atoms with Gasteiger partial charge in [0.1, 0.15) is 6.61 Å². The summed E-state index contributed by atoms with van der Waals surface area (Å²) < 4.78 is 27.6. The zero-order valence-corrected chi connectivity index (χ0v) is 13.0. The molecular weight excluding hydrogens is 286 g/mol. The molecule has 0 atom stereocenters. The van der Waals surface area contributed by atoms with Crippen molar-refractivity contribution in [3.63, 3.8) is 0 Å². The largest absolute Gasteiger partial charge is 0.384 e. The van der Waals surface area contributed by atoms with E-state index >= 15 is 0 Å². The lowest BCUT2D eigenvalue weighted by Crippen LogP contribution is -2.29. The Bertz CT molecular complexity index is 650. The summed E-state index contributed by atoms with van der Waals surface area (Å²) >= 11 is 0. The van der Waals surface area contributed by atoms with Crippen LogP contribution in [0.4, 0.5) is 0 Å². The molecule has 1 aromatic rings. The zero-order chi connectivity index (χ0) is 15.3. The first-order valence-electron chi connectivity index (χ1n) is 7.23. The number of sulfonamides is 1. The number of rotatable bonds is 4. The van der Waals surface area contributed by atoms with Gasteiger partial charge in [-0.25, -0.2) is 13.1 Å². The summed E-state index contributed by atoms with van der Waals surface area (Å²) in [5, 5.41) is 8.80. The van der Waals surface area contributed by atoms with Crippen LogP contribution in [0, 0.1) is 24.7 Å². The average Bonchev–Trinajstić information content (AvgIpc) is 2.96. The quantitative estimate of drug-likeness (QED) is 0.834. The maximum atomic E-state index is 12.4. The SMILES string of the molecule is Cc1ccc(S(=O)(=O)NCC2CCCC2)c(C#CCO)c1. The summed E-state index contributed by atoms with van der Waals surface area (Å²) in [4.78, 5) is 0.187. The van der Waals surface area contributed by atoms with Crippen LogP contribution >= 0.6 is 0 Å². The van der Waals surface area contributed by atoms with Crippen LogP contribution in [0.25, 0.3) is 0 Å². The Labute approximate surface area is 126 Å². The molecule has 21 heavy (non-hydrogen) atoms. The lowest BCUT2D eigenvalue weighted by molar-refractivity contribution is 0.350. The molecule has 1 saturated carbocycles. The van der Waals surface area contributed by atoms with E-state index < -0.39 is 10.0 Å². The van der Waals surface area contributed by atoms with Crippen LogP contribution in [0.3, 0.4) is 0 Å². The molecule has 0 aromatic heterocycles. The van der Waals surface area contributed by atoms with Crippen molar-refractivity contribution in [2.24, 2.45) is 5.92 Å². The summed E-state index contributed by atoms with van der Waals surface area (Å²) in [7, 11) is -3.56. The fourth-order valence-corrected chi connectivity index (χ4v) is 3.89. The molecule has 0 heterocycles. The number of aryl methyl sites for hydroxylation is 1. The van der Waals surface area contributed by atoms with Crippen LogP contribution in [0.1, 0.15) is 36.8 Å². The molecule has 0 saturated heterocycles. The number of hydrogen-bond donors (Lipinski definition) is 2. The van der Waals surface area contributed by atoms with E-state index in [1.54, 1.807) is 18.2 Å². The predicted octanol–water partition coefficient (Wildman–Crippen LogP) is 1.81. The van der Waals surface area contributed by atoms with Gasteiger partial charge in [-0.3, -0.25) is 0 Å². The zero-order valence-electron chi connectivity index (χ0n) is 12.2. The Balaban J connectivity index is 2.21. The molecule has 0 amide bonds. The Morgan fingerprint density at radius 1 is 1.33 bits per heavy atom. The lowest BCUT2D eigenvalue weighted by Gasteiger charge is -2.12. The number of aliphatic hydroxyl groups is 1. The fourth-order valence-electron chi connectivity index (χ4n) is 2.63. The van der Waals surface area contributed by atoms with Gasteiger partial charge in [0.05, 0.1) is 4.90 Å². The average molecular weight is 307 g/mol. The van der Waals surface area contributed by atoms with Crippen LogP contribution in [-0.4, -0.2) is 26.7 Å². The molecule has 0 unspecified atom stereocenters. The van der Waals surface area contributed by atoms with Crippen molar-refractivity contribution >= 4 is 10.0 Å². The molecule has 2 rings (SSSR count). The highest BCUT2D eigenvalue weighted by Crippen LogP contribution is 2.24. The van der Waals surface area contributed by atoms with Crippen molar-refractivity contribution in [1.29, 1.82) is 0 Å². The maximum Gasteiger partial charge on any atom is 0.241 e. The molecule has 0 aliphatic heterocycles. The first-order valence-corrected chi connectivity index (χ1v) is 8.71. The van der Waals surface area contributed by atoms with Crippen molar-refractivity contribution < 1.29 is 13.5 Å². The lowest BCUT2D eigenvalue weighted by atomic mass is 10.1. The van der Waals surface area contributed by atoms with E-state index in [1.807, 2.05) is 6.92 Å². The molecule has 2 N–H and O–H groups in total. The van der Waals surface area contributed by atoms with E-state index in [0.29, 0.717) is 18.0 Å². The molecule has 1 aromatic carbocycles. The van der Waals surface area contributed by atoms with Gasteiger partial charge in [0.25, 0.3) is 0 Å². The second-order valence-electron chi connectivity index (χ2n) is 5.46. The summed E-state index contributed by atoms with van der Waals surface area (Å²) in [6.45, 7) is 2.08. The topological polar surface area (TPSA) is 66.4 Å². The van der Waals surface area contributed by atoms with Crippen molar-refractivity contribution in [3.05, 3.63) is 29.3 Å². The van der Waals surface area contributed by atoms with E-state index in [2.05, 4.69) is 16.6 Å². The van der Waals surface area contributed by atoms with E-state index in [1.165, 1.54) is 12.8 Å². The molecule has 0 radical (unpaired) electrons. The first kappa shape index (κ1) is 16.0. The van der Waals surface area contributed by atoms with Gasteiger partial charge in [0.2, 0.25) is 10.0 Å². The number of benzene rings is 1. The van der Waals surface area contributed by atoms with Gasteiger partial charge in [0.15, 0.2) is 0 Å². The van der Waals surface area contributed by atoms with Gasteiger partial charge in [-0.05, 0) is 43.4 Å². The highest BCUT2D eigenvalue weighted by Gasteiger charge is 2.21. The van der Waals surface area contributed by atoms with Gasteiger partial charge < -0.3 is 5.11 Å². The van der Waals surface area contributed by atoms with Crippen molar-refractivity contribution in [2.45, 2.75) is 37.5 Å². The van der Waals surface area contributed by atoms with Crippen LogP contribution in [-0.2, 0) is 10.0 Å². The minimum Gasteiger partial charge on any atom is -0.384 e. The molecule has 1 aliphatic rings. The third-order valence-electron chi connectivity index (χ3n) is 3.76. The Hall–Kier alpha value is -1.35. The number of hydrogen-bond acceptors (Lipinski definition) is 3. The minimum absolute atomic E-state index is 0.187. The summed E-state index contributed by atoms with van der Waals surface area (Å²) in [6.07, 6.45) is 4.55. The Morgan fingerprint density at radius 3 is 2.71 bits per heavy atom. The molecule has 4 nitrogen and oxygen atoms in total. The Kier molecular flexibility index (Phi) is 5.40. The normalized spacial score (nSPS) is 15.7. The van der Waals surface area contributed by atoms with Crippen LogP contribution in [0.15, 0.2) is 23.1 Å². The van der Waals surface area contributed by atoms with Crippen LogP contribution in [0.2, 0.25) is 0 Å². The van der Waals surface area contributed by atoms with Crippen molar-refractivity contribution in [3.8, 4) is 11.8 Å². The monoisotopic (exact) mass is 307 g/mol. The second kappa shape index (κ2) is 7.08. The van der Waals surface area contributed by atoms with E-state index in [-0.39, 0.29) is 11.5 Å². The number of nitrogens with one attached hydrogen (secondary N) is 1. The van der Waals surface area contributed by atoms with E-state index in [0.717, 1.165) is 18.4 Å². The van der Waals surface area contributed by atoms with Gasteiger partial charge >= 0.3 is 0 Å². The van der Waals surface area contributed by atoms with E-state index in [9.17, 15) is 8.42 Å². The minimum atomic E-state index is -3.56. The molecule has 0 spiro atoms. The third kappa shape index (κ3) is 4.31. The van der Waals surface area contributed by atoms with Gasteiger partial charge in [-0.1, -0.05) is 30.7 Å². The predicted molar refractivity (Wildman–Crippen MR) is 82.3 cm³/mol.